The number of hydrogen-bond donors (Lipinski definition) is 0. The van der Waals surface area contributed by atoms with Crippen LogP contribution < -0.4 is 0 Å². The summed E-state index contributed by atoms with van der Waals surface area (Å²) in [6, 6.07) is 1.61. The van der Waals surface area contributed by atoms with Crippen LogP contribution in [-0.4, -0.2) is 18.1 Å². The molecule has 0 saturated heterocycles. The molecule has 0 radical (unpaired) electrons. The number of carbonyl (C=O) groups is 1. The molecule has 74 valence electrons. The Balaban J connectivity index is 2.90. The molecular formula is C9H7Cl2NO2. The molecule has 0 N–H and O–H groups in total. The van der Waals surface area contributed by atoms with Gasteiger partial charge in [0, 0.05) is 17.8 Å². The number of ether oxygens (including phenoxy) is 1. The molecule has 0 unspecified atom stereocenters. The topological polar surface area (TPSA) is 39.2 Å². The van der Waals surface area contributed by atoms with Gasteiger partial charge in [0.25, 0.3) is 0 Å². The van der Waals surface area contributed by atoms with Gasteiger partial charge in [-0.15, -0.1) is 0 Å². The number of hydrogen-bond acceptors (Lipinski definition) is 3. The molecule has 0 aliphatic heterocycles. The Bertz CT molecular complexity index is 377. The lowest BCUT2D eigenvalue weighted by Crippen LogP contribution is -1.93. The maximum Gasteiger partial charge on any atom is 0.330 e. The summed E-state index contributed by atoms with van der Waals surface area (Å²) in [7, 11) is 1.30. The molecule has 0 amide bonds. The number of carbonyl (C=O) groups excluding carboxylic acids is 1. The van der Waals surface area contributed by atoms with Crippen molar-refractivity contribution >= 4 is 35.2 Å². The minimum atomic E-state index is -0.457. The zero-order chi connectivity index (χ0) is 10.6. The maximum atomic E-state index is 10.8. The van der Waals surface area contributed by atoms with Crippen molar-refractivity contribution in [3.8, 4) is 0 Å². The van der Waals surface area contributed by atoms with E-state index < -0.39 is 5.97 Å². The highest BCUT2D eigenvalue weighted by Crippen LogP contribution is 2.18. The fourth-order valence-corrected chi connectivity index (χ4v) is 1.11. The normalized spacial score (nSPS) is 10.5. The molecular weight excluding hydrogens is 225 g/mol. The first-order valence-corrected chi connectivity index (χ1v) is 4.46. The summed E-state index contributed by atoms with van der Waals surface area (Å²) < 4.78 is 4.42. The van der Waals surface area contributed by atoms with E-state index in [9.17, 15) is 4.79 Å². The Hall–Kier alpha value is -1.06. The van der Waals surface area contributed by atoms with Crippen molar-refractivity contribution in [2.75, 3.05) is 7.11 Å². The van der Waals surface area contributed by atoms with Crippen LogP contribution in [0, 0.1) is 0 Å². The standard InChI is InChI=1S/C9H7Cl2NO2/c1-14-8(13)3-2-6-4-7(10)5-12-9(6)11/h2-5H,1H3. The van der Waals surface area contributed by atoms with Crippen LogP contribution in [0.25, 0.3) is 6.08 Å². The van der Waals surface area contributed by atoms with Crippen molar-refractivity contribution in [3.63, 3.8) is 0 Å². The molecule has 0 aliphatic carbocycles. The smallest absolute Gasteiger partial charge is 0.330 e. The van der Waals surface area contributed by atoms with Gasteiger partial charge >= 0.3 is 5.97 Å². The van der Waals surface area contributed by atoms with Crippen LogP contribution >= 0.6 is 23.2 Å². The lowest BCUT2D eigenvalue weighted by Gasteiger charge is -1.97. The molecule has 0 spiro atoms. The van der Waals surface area contributed by atoms with E-state index in [1.165, 1.54) is 25.5 Å². The molecule has 0 fully saturated rings. The van der Waals surface area contributed by atoms with Gasteiger partial charge in [-0.25, -0.2) is 9.78 Å². The molecule has 3 nitrogen and oxygen atoms in total. The molecule has 1 heterocycles. The van der Waals surface area contributed by atoms with Crippen molar-refractivity contribution in [2.45, 2.75) is 0 Å². The van der Waals surface area contributed by atoms with Crippen molar-refractivity contribution in [3.05, 3.63) is 34.1 Å². The number of nitrogens with zero attached hydrogens (tertiary/aromatic N) is 1. The lowest BCUT2D eigenvalue weighted by molar-refractivity contribution is -0.134. The lowest BCUT2D eigenvalue weighted by atomic mass is 10.2. The van der Waals surface area contributed by atoms with Gasteiger partial charge in [0.15, 0.2) is 0 Å². The molecule has 0 saturated carbocycles. The number of pyridine rings is 1. The van der Waals surface area contributed by atoms with Gasteiger partial charge in [0.05, 0.1) is 12.1 Å². The summed E-state index contributed by atoms with van der Waals surface area (Å²) >= 11 is 11.4. The summed E-state index contributed by atoms with van der Waals surface area (Å²) in [5.41, 5.74) is 0.574. The van der Waals surface area contributed by atoms with Crippen molar-refractivity contribution < 1.29 is 9.53 Å². The highest BCUT2D eigenvalue weighted by atomic mass is 35.5. The first-order chi connectivity index (χ1) is 6.63. The Morgan fingerprint density at radius 2 is 2.29 bits per heavy atom. The zero-order valence-corrected chi connectivity index (χ0v) is 8.84. The van der Waals surface area contributed by atoms with Crippen LogP contribution in [-0.2, 0) is 9.53 Å². The molecule has 14 heavy (non-hydrogen) atoms. The number of esters is 1. The third-order valence-corrected chi connectivity index (χ3v) is 1.96. The monoisotopic (exact) mass is 231 g/mol. The molecule has 0 aromatic carbocycles. The van der Waals surface area contributed by atoms with E-state index in [0.29, 0.717) is 10.6 Å². The second kappa shape index (κ2) is 4.98. The number of halogens is 2. The van der Waals surface area contributed by atoms with E-state index in [4.69, 9.17) is 23.2 Å². The van der Waals surface area contributed by atoms with Crippen LogP contribution in [0.3, 0.4) is 0 Å². The minimum absolute atomic E-state index is 0.287. The highest BCUT2D eigenvalue weighted by molar-refractivity contribution is 6.33. The largest absolute Gasteiger partial charge is 0.466 e. The number of aromatic nitrogens is 1. The second-order valence-corrected chi connectivity index (χ2v) is 3.18. The summed E-state index contributed by atoms with van der Waals surface area (Å²) in [6.07, 6.45) is 4.17. The second-order valence-electron chi connectivity index (χ2n) is 2.39. The molecule has 0 aliphatic rings. The van der Waals surface area contributed by atoms with Crippen molar-refractivity contribution in [1.29, 1.82) is 0 Å². The van der Waals surface area contributed by atoms with E-state index in [0.717, 1.165) is 0 Å². The predicted molar refractivity (Wildman–Crippen MR) is 55.3 cm³/mol. The van der Waals surface area contributed by atoms with Gasteiger partial charge in [-0.3, -0.25) is 0 Å². The third kappa shape index (κ3) is 3.01. The SMILES string of the molecule is COC(=O)C=Cc1cc(Cl)cnc1Cl. The Morgan fingerprint density at radius 1 is 1.57 bits per heavy atom. The Kier molecular flexibility index (Phi) is 3.92. The van der Waals surface area contributed by atoms with Gasteiger partial charge < -0.3 is 4.74 Å². The van der Waals surface area contributed by atoms with Gasteiger partial charge in [-0.1, -0.05) is 23.2 Å². The van der Waals surface area contributed by atoms with Crippen LogP contribution in [0.4, 0.5) is 0 Å². The van der Waals surface area contributed by atoms with Gasteiger partial charge in [0.2, 0.25) is 0 Å². The fraction of sp³-hybridized carbons (Fsp3) is 0.111. The van der Waals surface area contributed by atoms with Crippen molar-refractivity contribution in [1.82, 2.24) is 4.98 Å². The van der Waals surface area contributed by atoms with Gasteiger partial charge in [-0.05, 0) is 12.1 Å². The molecule has 1 rings (SSSR count). The van der Waals surface area contributed by atoms with E-state index in [1.54, 1.807) is 6.07 Å². The quantitative estimate of drug-likeness (QED) is 0.447. The Morgan fingerprint density at radius 3 is 2.93 bits per heavy atom. The summed E-state index contributed by atoms with van der Waals surface area (Å²) in [4.78, 5) is 14.6. The average Bonchev–Trinajstić information content (AvgIpc) is 2.19. The summed E-state index contributed by atoms with van der Waals surface area (Å²) in [6.45, 7) is 0. The fourth-order valence-electron chi connectivity index (χ4n) is 0.781. The van der Waals surface area contributed by atoms with E-state index in [-0.39, 0.29) is 5.15 Å². The minimum Gasteiger partial charge on any atom is -0.466 e. The van der Waals surface area contributed by atoms with Crippen molar-refractivity contribution in [2.24, 2.45) is 0 Å². The number of rotatable bonds is 2. The van der Waals surface area contributed by atoms with E-state index in [1.807, 2.05) is 0 Å². The zero-order valence-electron chi connectivity index (χ0n) is 7.33. The molecule has 0 bridgehead atoms. The van der Waals surface area contributed by atoms with Crippen LogP contribution in [0.5, 0.6) is 0 Å². The van der Waals surface area contributed by atoms with Gasteiger partial charge in [0.1, 0.15) is 5.15 Å². The summed E-state index contributed by atoms with van der Waals surface area (Å²) in [5.74, 6) is -0.457. The van der Waals surface area contributed by atoms with Gasteiger partial charge in [-0.2, -0.15) is 0 Å². The van der Waals surface area contributed by atoms with Crippen LogP contribution in [0.2, 0.25) is 10.2 Å². The van der Waals surface area contributed by atoms with Crippen LogP contribution in [0.1, 0.15) is 5.56 Å². The molecule has 1 aromatic rings. The van der Waals surface area contributed by atoms with Crippen LogP contribution in [0.15, 0.2) is 18.3 Å². The first-order valence-electron chi connectivity index (χ1n) is 3.70. The Labute approximate surface area is 91.3 Å². The average molecular weight is 232 g/mol. The van der Waals surface area contributed by atoms with E-state index in [2.05, 4.69) is 9.72 Å². The molecule has 0 atom stereocenters. The third-order valence-electron chi connectivity index (χ3n) is 1.43. The summed E-state index contributed by atoms with van der Waals surface area (Å²) in [5, 5.41) is 0.744. The highest BCUT2D eigenvalue weighted by Gasteiger charge is 2.00. The first kappa shape index (κ1) is 11.0. The molecule has 5 heteroatoms. The van der Waals surface area contributed by atoms with E-state index >= 15 is 0 Å². The maximum absolute atomic E-state index is 10.8. The molecule has 1 aromatic heterocycles. The number of methoxy groups -OCH3 is 1. The predicted octanol–water partition coefficient (Wildman–Crippen LogP) is 2.57.